The Morgan fingerprint density at radius 1 is 1.04 bits per heavy atom. The number of benzene rings is 2. The lowest BCUT2D eigenvalue weighted by Gasteiger charge is -2.28. The molecule has 0 saturated heterocycles. The Morgan fingerprint density at radius 3 is 2.57 bits per heavy atom. The SMILES string of the molecule is COC1OC(c2ccccc2)=C(I)c2nc3ccccc3cc21. The monoisotopic (exact) mass is 415 g/mol. The second-order valence-electron chi connectivity index (χ2n) is 5.31. The molecule has 4 heteroatoms. The van der Waals surface area contributed by atoms with Crippen molar-refractivity contribution in [2.24, 2.45) is 0 Å². The average molecular weight is 415 g/mol. The molecule has 0 N–H and O–H groups in total. The van der Waals surface area contributed by atoms with Gasteiger partial charge in [-0.25, -0.2) is 4.98 Å². The summed E-state index contributed by atoms with van der Waals surface area (Å²) in [5, 5.41) is 1.09. The fourth-order valence-electron chi connectivity index (χ4n) is 2.78. The zero-order valence-corrected chi connectivity index (χ0v) is 14.7. The second-order valence-corrected chi connectivity index (χ2v) is 6.39. The van der Waals surface area contributed by atoms with Crippen LogP contribution in [0.25, 0.3) is 20.2 Å². The van der Waals surface area contributed by atoms with Crippen LogP contribution in [0.2, 0.25) is 0 Å². The Balaban J connectivity index is 1.97. The number of hydrogen-bond donors (Lipinski definition) is 0. The predicted molar refractivity (Wildman–Crippen MR) is 99.9 cm³/mol. The van der Waals surface area contributed by atoms with E-state index in [1.54, 1.807) is 7.11 Å². The summed E-state index contributed by atoms with van der Waals surface area (Å²) in [5.74, 6) is 0.813. The minimum absolute atomic E-state index is 0.448. The molecular weight excluding hydrogens is 401 g/mol. The molecule has 1 atom stereocenters. The number of ether oxygens (including phenoxy) is 2. The summed E-state index contributed by atoms with van der Waals surface area (Å²) < 4.78 is 12.7. The maximum absolute atomic E-state index is 6.12. The van der Waals surface area contributed by atoms with Crippen molar-refractivity contribution in [1.82, 2.24) is 4.98 Å². The van der Waals surface area contributed by atoms with Crippen LogP contribution in [0.3, 0.4) is 0 Å². The van der Waals surface area contributed by atoms with Gasteiger partial charge in [-0.1, -0.05) is 48.5 Å². The van der Waals surface area contributed by atoms with Gasteiger partial charge in [0.05, 0.1) is 14.8 Å². The summed E-state index contributed by atoms with van der Waals surface area (Å²) in [6, 6.07) is 20.3. The molecule has 3 nitrogen and oxygen atoms in total. The van der Waals surface area contributed by atoms with E-state index < -0.39 is 6.29 Å². The Morgan fingerprint density at radius 2 is 1.78 bits per heavy atom. The molecule has 114 valence electrons. The van der Waals surface area contributed by atoms with Crippen molar-refractivity contribution in [2.75, 3.05) is 7.11 Å². The lowest BCUT2D eigenvalue weighted by Crippen LogP contribution is -2.15. The molecule has 0 amide bonds. The van der Waals surface area contributed by atoms with E-state index in [0.717, 1.165) is 37.1 Å². The lowest BCUT2D eigenvalue weighted by molar-refractivity contribution is -0.0767. The smallest absolute Gasteiger partial charge is 0.228 e. The zero-order valence-electron chi connectivity index (χ0n) is 12.5. The Kier molecular flexibility index (Phi) is 3.79. The molecule has 23 heavy (non-hydrogen) atoms. The summed E-state index contributed by atoms with van der Waals surface area (Å²) in [7, 11) is 1.66. The first kappa shape index (κ1) is 14.7. The van der Waals surface area contributed by atoms with Crippen molar-refractivity contribution in [1.29, 1.82) is 0 Å². The van der Waals surface area contributed by atoms with Crippen LogP contribution in [-0.2, 0) is 9.47 Å². The molecule has 1 unspecified atom stereocenters. The van der Waals surface area contributed by atoms with Crippen molar-refractivity contribution in [3.8, 4) is 0 Å². The molecule has 0 saturated carbocycles. The molecule has 4 rings (SSSR count). The van der Waals surface area contributed by atoms with E-state index in [0.29, 0.717) is 0 Å². The van der Waals surface area contributed by atoms with Gasteiger partial charge >= 0.3 is 0 Å². The van der Waals surface area contributed by atoms with Crippen molar-refractivity contribution >= 4 is 42.8 Å². The third kappa shape index (κ3) is 2.52. The van der Waals surface area contributed by atoms with E-state index in [4.69, 9.17) is 14.5 Å². The van der Waals surface area contributed by atoms with Gasteiger partial charge in [-0.2, -0.15) is 0 Å². The first-order valence-electron chi connectivity index (χ1n) is 7.32. The highest BCUT2D eigenvalue weighted by molar-refractivity contribution is 14.1. The number of methoxy groups -OCH3 is 1. The largest absolute Gasteiger partial charge is 0.459 e. The summed E-state index contributed by atoms with van der Waals surface area (Å²) in [6.07, 6.45) is -0.448. The van der Waals surface area contributed by atoms with Crippen LogP contribution in [-0.4, -0.2) is 12.1 Å². The highest BCUT2D eigenvalue weighted by Crippen LogP contribution is 2.44. The summed E-state index contributed by atoms with van der Waals surface area (Å²) in [4.78, 5) is 4.85. The first-order valence-corrected chi connectivity index (χ1v) is 8.40. The van der Waals surface area contributed by atoms with E-state index in [-0.39, 0.29) is 0 Å². The molecular formula is C19H14INO2. The lowest BCUT2D eigenvalue weighted by atomic mass is 10.0. The molecule has 0 radical (unpaired) electrons. The maximum Gasteiger partial charge on any atom is 0.228 e. The van der Waals surface area contributed by atoms with E-state index in [2.05, 4.69) is 34.7 Å². The Bertz CT molecular complexity index is 906. The average Bonchev–Trinajstić information content (AvgIpc) is 2.62. The van der Waals surface area contributed by atoms with Gasteiger partial charge < -0.3 is 9.47 Å². The van der Waals surface area contributed by atoms with Crippen LogP contribution in [0.1, 0.15) is 23.1 Å². The van der Waals surface area contributed by atoms with Gasteiger partial charge in [-0.15, -0.1) is 0 Å². The first-order chi connectivity index (χ1) is 11.3. The van der Waals surface area contributed by atoms with Crippen molar-refractivity contribution in [3.63, 3.8) is 0 Å². The van der Waals surface area contributed by atoms with Crippen LogP contribution in [0, 0.1) is 0 Å². The molecule has 0 fully saturated rings. The fraction of sp³-hybridized carbons (Fsp3) is 0.105. The number of para-hydroxylation sites is 1. The predicted octanol–water partition coefficient (Wildman–Crippen LogP) is 5.17. The van der Waals surface area contributed by atoms with Gasteiger partial charge in [0.2, 0.25) is 6.29 Å². The van der Waals surface area contributed by atoms with Crippen LogP contribution in [0.5, 0.6) is 0 Å². The third-order valence-corrected chi connectivity index (χ3v) is 4.89. The Hall–Kier alpha value is -1.92. The van der Waals surface area contributed by atoms with Gasteiger partial charge in [-0.05, 0) is 34.7 Å². The van der Waals surface area contributed by atoms with Crippen molar-refractivity contribution < 1.29 is 9.47 Å². The van der Waals surface area contributed by atoms with E-state index in [1.807, 2.05) is 48.5 Å². The normalized spacial score (nSPS) is 17.0. The molecule has 0 bridgehead atoms. The van der Waals surface area contributed by atoms with E-state index >= 15 is 0 Å². The molecule has 0 spiro atoms. The van der Waals surface area contributed by atoms with Gasteiger partial charge in [0.1, 0.15) is 5.76 Å². The minimum Gasteiger partial charge on any atom is -0.459 e. The molecule has 3 aromatic rings. The zero-order chi connectivity index (χ0) is 15.8. The summed E-state index contributed by atoms with van der Waals surface area (Å²) >= 11 is 2.31. The van der Waals surface area contributed by atoms with E-state index in [9.17, 15) is 0 Å². The molecule has 1 aromatic heterocycles. The number of pyridine rings is 1. The quantitative estimate of drug-likeness (QED) is 0.542. The summed E-state index contributed by atoms with van der Waals surface area (Å²) in [5.41, 5.74) is 3.90. The number of nitrogens with zero attached hydrogens (tertiary/aromatic N) is 1. The molecule has 2 heterocycles. The molecule has 1 aliphatic heterocycles. The highest BCUT2D eigenvalue weighted by atomic mass is 127. The number of aromatic nitrogens is 1. The van der Waals surface area contributed by atoms with Gasteiger partial charge in [0.25, 0.3) is 0 Å². The number of hydrogen-bond acceptors (Lipinski definition) is 3. The van der Waals surface area contributed by atoms with Gasteiger partial charge in [-0.3, -0.25) is 0 Å². The fourth-order valence-corrected chi connectivity index (χ4v) is 3.65. The van der Waals surface area contributed by atoms with E-state index in [1.165, 1.54) is 0 Å². The second kappa shape index (κ2) is 5.94. The third-order valence-electron chi connectivity index (χ3n) is 3.89. The van der Waals surface area contributed by atoms with Crippen LogP contribution in [0.15, 0.2) is 60.7 Å². The standard InChI is InChI=1S/C19H14INO2/c1-22-19-14-11-13-9-5-6-10-15(13)21-17(14)16(20)18(23-19)12-7-3-2-4-8-12/h2-11,19H,1H3. The molecule has 2 aromatic carbocycles. The topological polar surface area (TPSA) is 31.4 Å². The summed E-state index contributed by atoms with van der Waals surface area (Å²) in [6.45, 7) is 0. The number of fused-ring (bicyclic) bond motifs is 2. The molecule has 1 aliphatic rings. The van der Waals surface area contributed by atoms with Crippen molar-refractivity contribution in [3.05, 3.63) is 77.5 Å². The van der Waals surface area contributed by atoms with Crippen molar-refractivity contribution in [2.45, 2.75) is 6.29 Å². The highest BCUT2D eigenvalue weighted by Gasteiger charge is 2.29. The van der Waals surface area contributed by atoms with Crippen LogP contribution < -0.4 is 0 Å². The number of rotatable bonds is 2. The maximum atomic E-state index is 6.12. The van der Waals surface area contributed by atoms with Crippen LogP contribution in [0.4, 0.5) is 0 Å². The van der Waals surface area contributed by atoms with Gasteiger partial charge in [0, 0.05) is 23.6 Å². The van der Waals surface area contributed by atoms with Crippen LogP contribution >= 0.6 is 22.6 Å². The van der Waals surface area contributed by atoms with Gasteiger partial charge in [0.15, 0.2) is 0 Å². The Labute approximate surface area is 148 Å². The molecule has 0 aliphatic carbocycles. The number of halogens is 1. The minimum atomic E-state index is -0.448.